The molecule has 0 spiro atoms. The van der Waals surface area contributed by atoms with E-state index in [1.54, 1.807) is 4.68 Å². The molecular weight excluding hydrogens is 230 g/mol. The van der Waals surface area contributed by atoms with Gasteiger partial charge in [0.2, 0.25) is 5.89 Å². The average Bonchev–Trinajstić information content (AvgIpc) is 2.88. The quantitative estimate of drug-likeness (QED) is 0.778. The Bertz CT molecular complexity index is 483. The highest BCUT2D eigenvalue weighted by Gasteiger charge is 2.07. The molecule has 2 rings (SSSR count). The van der Waals surface area contributed by atoms with Crippen LogP contribution in [0.3, 0.4) is 0 Å². The van der Waals surface area contributed by atoms with E-state index in [-0.39, 0.29) is 0 Å². The van der Waals surface area contributed by atoms with Gasteiger partial charge in [0.25, 0.3) is 0 Å². The largest absolute Gasteiger partial charge is 0.444 e. The molecule has 0 atom stereocenters. The summed E-state index contributed by atoms with van der Waals surface area (Å²) in [5, 5.41) is 8.18. The van der Waals surface area contributed by atoms with Crippen LogP contribution in [0.2, 0.25) is 0 Å². The maximum atomic E-state index is 5.51. The molecule has 6 nitrogen and oxygen atoms in total. The Kier molecular flexibility index (Phi) is 4.09. The van der Waals surface area contributed by atoms with E-state index in [9.17, 15) is 0 Å². The second-order valence-corrected chi connectivity index (χ2v) is 4.40. The van der Waals surface area contributed by atoms with Crippen LogP contribution in [0.25, 0.3) is 0 Å². The summed E-state index contributed by atoms with van der Waals surface area (Å²) in [4.78, 5) is 4.32. The molecule has 18 heavy (non-hydrogen) atoms. The van der Waals surface area contributed by atoms with E-state index in [0.29, 0.717) is 12.4 Å². The molecule has 2 heterocycles. The molecular formula is C12H19N5O. The van der Waals surface area contributed by atoms with E-state index in [4.69, 9.17) is 10.2 Å². The number of nitrogens with zero attached hydrogens (tertiary/aromatic N) is 4. The Balaban J connectivity index is 1.93. The van der Waals surface area contributed by atoms with Crippen molar-refractivity contribution in [3.05, 3.63) is 29.2 Å². The number of oxazole rings is 1. The number of nitrogens with two attached hydrogens (primary N) is 1. The van der Waals surface area contributed by atoms with Gasteiger partial charge in [-0.15, -0.1) is 5.10 Å². The SMILES string of the molecule is Cc1nc(Cn2cc(CCCCN)nn2)oc1C. The predicted octanol–water partition coefficient (Wildman–Crippen LogP) is 1.21. The third-order valence-corrected chi connectivity index (χ3v) is 2.84. The van der Waals surface area contributed by atoms with Crippen LogP contribution in [-0.2, 0) is 13.0 Å². The van der Waals surface area contributed by atoms with E-state index >= 15 is 0 Å². The fraction of sp³-hybridized carbons (Fsp3) is 0.583. The maximum Gasteiger partial charge on any atom is 0.216 e. The summed E-state index contributed by atoms with van der Waals surface area (Å²) >= 11 is 0. The van der Waals surface area contributed by atoms with Crippen molar-refractivity contribution in [2.24, 2.45) is 5.73 Å². The van der Waals surface area contributed by atoms with Crippen molar-refractivity contribution in [3.8, 4) is 0 Å². The molecule has 0 saturated carbocycles. The second kappa shape index (κ2) is 5.77. The van der Waals surface area contributed by atoms with Crippen LogP contribution in [0.4, 0.5) is 0 Å². The zero-order valence-corrected chi connectivity index (χ0v) is 10.9. The first-order chi connectivity index (χ1) is 8.69. The van der Waals surface area contributed by atoms with Gasteiger partial charge in [0.1, 0.15) is 12.3 Å². The van der Waals surface area contributed by atoms with Gasteiger partial charge in [0.05, 0.1) is 11.4 Å². The van der Waals surface area contributed by atoms with Gasteiger partial charge in [-0.25, -0.2) is 9.67 Å². The highest BCUT2D eigenvalue weighted by atomic mass is 16.4. The van der Waals surface area contributed by atoms with Gasteiger partial charge in [0.15, 0.2) is 0 Å². The highest BCUT2D eigenvalue weighted by molar-refractivity contribution is 5.05. The van der Waals surface area contributed by atoms with Crippen LogP contribution in [0.1, 0.15) is 35.9 Å². The van der Waals surface area contributed by atoms with E-state index in [1.807, 2.05) is 20.0 Å². The maximum absolute atomic E-state index is 5.51. The monoisotopic (exact) mass is 249 g/mol. The Hall–Kier alpha value is -1.69. The Morgan fingerprint density at radius 2 is 2.17 bits per heavy atom. The van der Waals surface area contributed by atoms with Crippen LogP contribution in [0.15, 0.2) is 10.6 Å². The second-order valence-electron chi connectivity index (χ2n) is 4.40. The molecule has 0 saturated heterocycles. The Labute approximate surface area is 106 Å². The van der Waals surface area contributed by atoms with Crippen molar-refractivity contribution >= 4 is 0 Å². The summed E-state index contributed by atoms with van der Waals surface area (Å²) in [5.74, 6) is 1.52. The van der Waals surface area contributed by atoms with E-state index in [1.165, 1.54) is 0 Å². The van der Waals surface area contributed by atoms with Crippen molar-refractivity contribution < 1.29 is 4.42 Å². The predicted molar refractivity (Wildman–Crippen MR) is 67.1 cm³/mol. The number of hydrogen-bond donors (Lipinski definition) is 1. The van der Waals surface area contributed by atoms with Crippen LogP contribution in [0.5, 0.6) is 0 Å². The smallest absolute Gasteiger partial charge is 0.216 e. The molecule has 0 aliphatic rings. The van der Waals surface area contributed by atoms with Gasteiger partial charge in [0, 0.05) is 6.20 Å². The first kappa shape index (κ1) is 12.8. The Morgan fingerprint density at radius 1 is 1.33 bits per heavy atom. The first-order valence-electron chi connectivity index (χ1n) is 6.21. The average molecular weight is 249 g/mol. The van der Waals surface area contributed by atoms with Crippen molar-refractivity contribution in [1.82, 2.24) is 20.0 Å². The first-order valence-corrected chi connectivity index (χ1v) is 6.21. The van der Waals surface area contributed by atoms with Gasteiger partial charge in [-0.3, -0.25) is 0 Å². The van der Waals surface area contributed by atoms with E-state index in [0.717, 1.165) is 43.0 Å². The molecule has 0 fully saturated rings. The molecule has 0 unspecified atom stereocenters. The minimum absolute atomic E-state index is 0.526. The van der Waals surface area contributed by atoms with Crippen LogP contribution in [-0.4, -0.2) is 26.5 Å². The van der Waals surface area contributed by atoms with Crippen LogP contribution >= 0.6 is 0 Å². The van der Waals surface area contributed by atoms with Gasteiger partial charge in [-0.05, 0) is 39.7 Å². The highest BCUT2D eigenvalue weighted by Crippen LogP contribution is 2.09. The zero-order chi connectivity index (χ0) is 13.0. The van der Waals surface area contributed by atoms with Crippen molar-refractivity contribution in [1.29, 1.82) is 0 Å². The van der Waals surface area contributed by atoms with Gasteiger partial charge in [-0.2, -0.15) is 0 Å². The molecule has 0 aromatic carbocycles. The normalized spacial score (nSPS) is 11.1. The summed E-state index contributed by atoms with van der Waals surface area (Å²) in [7, 11) is 0. The molecule has 6 heteroatoms. The lowest BCUT2D eigenvalue weighted by Crippen LogP contribution is -2.00. The molecule has 98 valence electrons. The lowest BCUT2D eigenvalue weighted by Gasteiger charge is -1.94. The van der Waals surface area contributed by atoms with Crippen LogP contribution in [0, 0.1) is 13.8 Å². The molecule has 0 amide bonds. The number of rotatable bonds is 6. The van der Waals surface area contributed by atoms with Crippen LogP contribution < -0.4 is 5.73 Å². The molecule has 0 aliphatic heterocycles. The summed E-state index contributed by atoms with van der Waals surface area (Å²) in [6.07, 6.45) is 4.92. The summed E-state index contributed by atoms with van der Waals surface area (Å²) in [6.45, 7) is 5.09. The number of aromatic nitrogens is 4. The molecule has 0 bridgehead atoms. The van der Waals surface area contributed by atoms with Crippen molar-refractivity contribution in [2.75, 3.05) is 6.54 Å². The molecule has 0 aliphatic carbocycles. The van der Waals surface area contributed by atoms with Gasteiger partial charge in [-0.1, -0.05) is 5.21 Å². The van der Waals surface area contributed by atoms with E-state index < -0.39 is 0 Å². The van der Waals surface area contributed by atoms with Crippen molar-refractivity contribution in [2.45, 2.75) is 39.7 Å². The molecule has 0 radical (unpaired) electrons. The number of hydrogen-bond acceptors (Lipinski definition) is 5. The van der Waals surface area contributed by atoms with Gasteiger partial charge < -0.3 is 10.2 Å². The van der Waals surface area contributed by atoms with E-state index in [2.05, 4.69) is 15.3 Å². The Morgan fingerprint density at radius 3 is 2.83 bits per heavy atom. The topological polar surface area (TPSA) is 82.8 Å². The van der Waals surface area contributed by atoms with Gasteiger partial charge >= 0.3 is 0 Å². The minimum Gasteiger partial charge on any atom is -0.444 e. The third kappa shape index (κ3) is 3.16. The van der Waals surface area contributed by atoms with Crippen molar-refractivity contribution in [3.63, 3.8) is 0 Å². The standard InChI is InChI=1S/C12H19N5O/c1-9-10(2)18-12(14-9)8-17-7-11(15-16-17)5-3-4-6-13/h7H,3-6,8,13H2,1-2H3. The zero-order valence-electron chi connectivity index (χ0n) is 10.9. The summed E-state index contributed by atoms with van der Waals surface area (Å²) in [6, 6.07) is 0. The third-order valence-electron chi connectivity index (χ3n) is 2.84. The molecule has 2 aromatic rings. The molecule has 2 aromatic heterocycles. The minimum atomic E-state index is 0.526. The summed E-state index contributed by atoms with van der Waals surface area (Å²) < 4.78 is 7.26. The molecule has 2 N–H and O–H groups in total. The number of aryl methyl sites for hydroxylation is 3. The fourth-order valence-electron chi connectivity index (χ4n) is 1.73. The lowest BCUT2D eigenvalue weighted by atomic mass is 10.2. The lowest BCUT2D eigenvalue weighted by molar-refractivity contribution is 0.442. The summed E-state index contributed by atoms with van der Waals surface area (Å²) in [5.41, 5.74) is 7.37. The number of unbranched alkanes of at least 4 members (excludes halogenated alkanes) is 1. The fourth-order valence-corrected chi connectivity index (χ4v) is 1.73.